The number of rotatable bonds is 4. The normalized spacial score (nSPS) is 11.5. The number of aryl methyl sites for hydroxylation is 1. The lowest BCUT2D eigenvalue weighted by atomic mass is 10.2. The highest BCUT2D eigenvalue weighted by Gasteiger charge is 2.24. The van der Waals surface area contributed by atoms with Crippen molar-refractivity contribution in [3.8, 4) is 0 Å². The summed E-state index contributed by atoms with van der Waals surface area (Å²) in [5.74, 6) is 0.202. The fraction of sp³-hybridized carbons (Fsp3) is 0.231. The van der Waals surface area contributed by atoms with E-state index in [1.165, 1.54) is 15.6 Å². The van der Waals surface area contributed by atoms with Crippen LogP contribution in [0.3, 0.4) is 0 Å². The van der Waals surface area contributed by atoms with Gasteiger partial charge in [-0.15, -0.1) is 22.9 Å². The van der Waals surface area contributed by atoms with Crippen LogP contribution < -0.4 is 4.31 Å². The number of hydrogen-bond acceptors (Lipinski definition) is 3. The zero-order chi connectivity index (χ0) is 14.0. The number of halogens is 1. The van der Waals surface area contributed by atoms with Crippen molar-refractivity contribution in [2.45, 2.75) is 17.7 Å². The molecule has 2 rings (SSSR count). The molecule has 102 valence electrons. The van der Waals surface area contributed by atoms with Crippen LogP contribution in [-0.2, 0) is 15.9 Å². The predicted octanol–water partition coefficient (Wildman–Crippen LogP) is 3.62. The second-order valence-electron chi connectivity index (χ2n) is 4.15. The molecule has 0 saturated heterocycles. The molecule has 0 saturated carbocycles. The minimum Gasteiger partial charge on any atom is -0.269 e. The number of alkyl halides is 1. The van der Waals surface area contributed by atoms with Gasteiger partial charge in [-0.1, -0.05) is 12.1 Å². The summed E-state index contributed by atoms with van der Waals surface area (Å²) in [5.41, 5.74) is 1.66. The van der Waals surface area contributed by atoms with Crippen LogP contribution in [0.2, 0.25) is 0 Å². The van der Waals surface area contributed by atoms with E-state index in [2.05, 4.69) is 0 Å². The van der Waals surface area contributed by atoms with Crippen molar-refractivity contribution in [3.63, 3.8) is 0 Å². The second-order valence-corrected chi connectivity index (χ2v) is 7.36. The van der Waals surface area contributed by atoms with Crippen molar-refractivity contribution >= 4 is 38.6 Å². The minimum atomic E-state index is -3.55. The van der Waals surface area contributed by atoms with Gasteiger partial charge in [0.1, 0.15) is 4.90 Å². The van der Waals surface area contributed by atoms with Crippen LogP contribution in [0.5, 0.6) is 0 Å². The van der Waals surface area contributed by atoms with Crippen LogP contribution >= 0.6 is 22.9 Å². The van der Waals surface area contributed by atoms with Gasteiger partial charge in [0.15, 0.2) is 0 Å². The zero-order valence-electron chi connectivity index (χ0n) is 10.6. The summed E-state index contributed by atoms with van der Waals surface area (Å²) in [6, 6.07) is 8.98. The smallest absolute Gasteiger partial charge is 0.265 e. The molecule has 0 aliphatic heterocycles. The maximum atomic E-state index is 12.6. The Labute approximate surface area is 122 Å². The topological polar surface area (TPSA) is 37.4 Å². The Morgan fingerprint density at radius 1 is 1.32 bits per heavy atom. The molecule has 1 aromatic carbocycles. The molecule has 6 heteroatoms. The number of benzene rings is 1. The molecule has 0 spiro atoms. The van der Waals surface area contributed by atoms with Crippen LogP contribution in [0, 0.1) is 6.92 Å². The summed E-state index contributed by atoms with van der Waals surface area (Å²) >= 11 is 7.14. The van der Waals surface area contributed by atoms with Crippen molar-refractivity contribution in [1.82, 2.24) is 0 Å². The molecule has 0 N–H and O–H groups in total. The van der Waals surface area contributed by atoms with Gasteiger partial charge >= 0.3 is 0 Å². The van der Waals surface area contributed by atoms with Crippen LogP contribution in [0.1, 0.15) is 10.4 Å². The highest BCUT2D eigenvalue weighted by molar-refractivity contribution is 7.93. The number of anilines is 1. The number of sulfonamides is 1. The van der Waals surface area contributed by atoms with Gasteiger partial charge in [-0.2, -0.15) is 0 Å². The molecule has 0 fully saturated rings. The third-order valence-electron chi connectivity index (χ3n) is 2.83. The first kappa shape index (κ1) is 14.4. The average Bonchev–Trinajstić information content (AvgIpc) is 2.86. The Morgan fingerprint density at radius 2 is 2.05 bits per heavy atom. The third kappa shape index (κ3) is 2.78. The summed E-state index contributed by atoms with van der Waals surface area (Å²) in [7, 11) is -1.99. The molecule has 0 aliphatic carbocycles. The van der Waals surface area contributed by atoms with E-state index in [-0.39, 0.29) is 10.8 Å². The Hall–Kier alpha value is -1.04. The lowest BCUT2D eigenvalue weighted by Gasteiger charge is -2.19. The summed E-state index contributed by atoms with van der Waals surface area (Å²) in [4.78, 5) is 0.956. The fourth-order valence-electron chi connectivity index (χ4n) is 1.77. The maximum absolute atomic E-state index is 12.6. The molecule has 0 atom stereocenters. The van der Waals surface area contributed by atoms with Gasteiger partial charge in [-0.3, -0.25) is 4.31 Å². The molecule has 0 amide bonds. The highest BCUT2D eigenvalue weighted by Crippen LogP contribution is 2.29. The summed E-state index contributed by atoms with van der Waals surface area (Å²) in [6.07, 6.45) is 0. The second kappa shape index (κ2) is 5.53. The molecule has 0 bridgehead atoms. The molecule has 19 heavy (non-hydrogen) atoms. The lowest BCUT2D eigenvalue weighted by Crippen LogP contribution is -2.26. The first-order valence-corrected chi connectivity index (χ1v) is 8.50. The molecule has 0 aliphatic rings. The van der Waals surface area contributed by atoms with E-state index < -0.39 is 10.0 Å². The third-order valence-corrected chi connectivity index (χ3v) is 6.18. The van der Waals surface area contributed by atoms with Crippen molar-refractivity contribution in [1.29, 1.82) is 0 Å². The number of hydrogen-bond donors (Lipinski definition) is 0. The van der Waals surface area contributed by atoms with E-state index >= 15 is 0 Å². The average molecular weight is 316 g/mol. The van der Waals surface area contributed by atoms with E-state index in [1.807, 2.05) is 25.1 Å². The Kier molecular flexibility index (Phi) is 4.18. The van der Waals surface area contributed by atoms with Crippen molar-refractivity contribution in [3.05, 3.63) is 46.2 Å². The largest absolute Gasteiger partial charge is 0.269 e. The van der Waals surface area contributed by atoms with Crippen molar-refractivity contribution in [2.24, 2.45) is 0 Å². The fourth-order valence-corrected chi connectivity index (χ4v) is 4.63. The van der Waals surface area contributed by atoms with Crippen LogP contribution in [0.15, 0.2) is 40.6 Å². The standard InChI is InChI=1S/C13H14ClNO2S2/c1-10-4-3-5-11(8-10)15(2)19(16,17)13-6-7-18-12(13)9-14/h3-8H,9H2,1-2H3. The van der Waals surface area contributed by atoms with Gasteiger partial charge in [-0.25, -0.2) is 8.42 Å². The highest BCUT2D eigenvalue weighted by atomic mass is 35.5. The Balaban J connectivity index is 2.45. The van der Waals surface area contributed by atoms with Gasteiger partial charge in [0.05, 0.1) is 11.6 Å². The van der Waals surface area contributed by atoms with Gasteiger partial charge in [0, 0.05) is 11.9 Å². The number of thiophene rings is 1. The van der Waals surface area contributed by atoms with E-state index in [4.69, 9.17) is 11.6 Å². The molecule has 0 radical (unpaired) electrons. The maximum Gasteiger partial charge on any atom is 0.265 e. The van der Waals surface area contributed by atoms with E-state index in [0.717, 1.165) is 5.56 Å². The summed E-state index contributed by atoms with van der Waals surface area (Å²) < 4.78 is 26.4. The summed E-state index contributed by atoms with van der Waals surface area (Å²) in [6.45, 7) is 1.93. The first-order valence-electron chi connectivity index (χ1n) is 5.64. The van der Waals surface area contributed by atoms with E-state index in [1.54, 1.807) is 24.6 Å². The SMILES string of the molecule is Cc1cccc(N(C)S(=O)(=O)c2ccsc2CCl)c1. The molecule has 1 heterocycles. The number of nitrogens with zero attached hydrogens (tertiary/aromatic N) is 1. The van der Waals surface area contributed by atoms with Crippen LogP contribution in [0.4, 0.5) is 5.69 Å². The lowest BCUT2D eigenvalue weighted by molar-refractivity contribution is 0.594. The zero-order valence-corrected chi connectivity index (χ0v) is 13.0. The van der Waals surface area contributed by atoms with Crippen molar-refractivity contribution < 1.29 is 8.42 Å². The molecule has 2 aromatic rings. The van der Waals surface area contributed by atoms with Gasteiger partial charge < -0.3 is 0 Å². The predicted molar refractivity (Wildman–Crippen MR) is 80.6 cm³/mol. The molecule has 0 unspecified atom stereocenters. The molecule has 1 aromatic heterocycles. The van der Waals surface area contributed by atoms with Gasteiger partial charge in [0.25, 0.3) is 10.0 Å². The van der Waals surface area contributed by atoms with E-state index in [9.17, 15) is 8.42 Å². The Morgan fingerprint density at radius 3 is 2.68 bits per heavy atom. The Bertz CT molecular complexity index is 679. The van der Waals surface area contributed by atoms with Crippen LogP contribution in [0.25, 0.3) is 0 Å². The van der Waals surface area contributed by atoms with E-state index in [0.29, 0.717) is 10.6 Å². The van der Waals surface area contributed by atoms with Gasteiger partial charge in [-0.05, 0) is 36.1 Å². The molecular weight excluding hydrogens is 302 g/mol. The first-order chi connectivity index (χ1) is 8.96. The molecular formula is C13H14ClNO2S2. The van der Waals surface area contributed by atoms with Crippen molar-refractivity contribution in [2.75, 3.05) is 11.4 Å². The minimum absolute atomic E-state index is 0.202. The summed E-state index contributed by atoms with van der Waals surface area (Å²) in [5, 5.41) is 1.74. The monoisotopic (exact) mass is 315 g/mol. The molecule has 3 nitrogen and oxygen atoms in total. The van der Waals surface area contributed by atoms with Gasteiger partial charge in [0.2, 0.25) is 0 Å². The quantitative estimate of drug-likeness (QED) is 0.808. The van der Waals surface area contributed by atoms with Crippen LogP contribution in [-0.4, -0.2) is 15.5 Å².